The molecule has 1 aromatic heterocycles. The third-order valence-corrected chi connectivity index (χ3v) is 10.9. The lowest BCUT2D eigenvalue weighted by Gasteiger charge is -2.30. The Bertz CT molecular complexity index is 1720. The zero-order chi connectivity index (χ0) is 35.5. The Balaban J connectivity index is 1.22. The van der Waals surface area contributed by atoms with E-state index in [1.807, 2.05) is 36.4 Å². The highest BCUT2D eigenvalue weighted by Crippen LogP contribution is 2.41. The molecule has 1 saturated carbocycles. The predicted octanol–water partition coefficient (Wildman–Crippen LogP) is 5.10. The molecule has 2 bridgehead atoms. The number of benzene rings is 2. The molecule has 2 aliphatic carbocycles. The van der Waals surface area contributed by atoms with Gasteiger partial charge in [0.25, 0.3) is 0 Å². The molecule has 2 amide bonds. The van der Waals surface area contributed by atoms with Crippen LogP contribution in [0.15, 0.2) is 48.5 Å². The zero-order valence-electron chi connectivity index (χ0n) is 30.0. The first kappa shape index (κ1) is 35.0. The number of methoxy groups -OCH3 is 1. The molecule has 5 atom stereocenters. The van der Waals surface area contributed by atoms with Gasteiger partial charge < -0.3 is 34.1 Å². The second kappa shape index (κ2) is 15.5. The van der Waals surface area contributed by atoms with Crippen molar-refractivity contribution in [2.24, 2.45) is 11.8 Å². The van der Waals surface area contributed by atoms with E-state index in [1.54, 1.807) is 0 Å². The van der Waals surface area contributed by atoms with Crippen molar-refractivity contribution in [3.05, 3.63) is 65.2 Å². The zero-order valence-corrected chi connectivity index (χ0v) is 30.0. The first-order chi connectivity index (χ1) is 24.8. The van der Waals surface area contributed by atoms with Crippen LogP contribution in [0.3, 0.4) is 0 Å². The van der Waals surface area contributed by atoms with Gasteiger partial charge >= 0.3 is 12.1 Å². The summed E-state index contributed by atoms with van der Waals surface area (Å²) in [7, 11) is 5.44. The number of pyridine rings is 1. The molecule has 2 aromatic carbocycles. The van der Waals surface area contributed by atoms with Gasteiger partial charge in [0, 0.05) is 18.4 Å². The van der Waals surface area contributed by atoms with Crippen LogP contribution in [0.25, 0.3) is 10.9 Å². The van der Waals surface area contributed by atoms with E-state index in [1.165, 1.54) is 12.0 Å². The van der Waals surface area contributed by atoms with Gasteiger partial charge in [-0.2, -0.15) is 0 Å². The van der Waals surface area contributed by atoms with Crippen LogP contribution in [0.1, 0.15) is 61.6 Å². The van der Waals surface area contributed by atoms with Crippen molar-refractivity contribution in [3.8, 4) is 11.6 Å². The van der Waals surface area contributed by atoms with Crippen molar-refractivity contribution in [1.82, 2.24) is 20.1 Å². The fraction of sp³-hybridized carbons (Fsp3) is 0.550. The van der Waals surface area contributed by atoms with Gasteiger partial charge in [0.05, 0.1) is 31.3 Å². The highest BCUT2D eigenvalue weighted by atomic mass is 16.6. The molecule has 0 spiro atoms. The summed E-state index contributed by atoms with van der Waals surface area (Å²) in [6.07, 6.45) is 6.56. The van der Waals surface area contributed by atoms with E-state index in [4.69, 9.17) is 23.9 Å². The largest absolute Gasteiger partial charge is 0.492 e. The van der Waals surface area contributed by atoms with Gasteiger partial charge in [-0.25, -0.2) is 14.6 Å². The standard InChI is InChI=1S/C40H50N4O7/c1-43(2)18-11-19-49-36-30-15-9-10-17-32(30)41-37-31(36)16-6-4-5-14-27-22-34(27)51-40(47)42-35(28-20-25-12-7-8-13-26(25)21-28)38(45)44-24-29(50-37)23-33(44)39(46)48-3/h7-10,12-13,15,17,27-29,33-35H,4-6,11,14,16,18-24H2,1-3H3,(H,42,47). The number of rotatable bonds is 7. The van der Waals surface area contributed by atoms with Crippen LogP contribution in [0.2, 0.25) is 0 Å². The summed E-state index contributed by atoms with van der Waals surface area (Å²) in [5, 5.41) is 3.90. The first-order valence-corrected chi connectivity index (χ1v) is 18.6. The van der Waals surface area contributed by atoms with Crippen molar-refractivity contribution in [2.75, 3.05) is 40.9 Å². The molecule has 1 saturated heterocycles. The lowest BCUT2D eigenvalue weighted by Crippen LogP contribution is -2.55. The monoisotopic (exact) mass is 698 g/mol. The summed E-state index contributed by atoms with van der Waals surface area (Å²) in [4.78, 5) is 49.9. The molecular weight excluding hydrogens is 648 g/mol. The molecule has 3 heterocycles. The highest BCUT2D eigenvalue weighted by molar-refractivity contribution is 5.91. The molecule has 2 fully saturated rings. The Hall–Kier alpha value is -4.38. The van der Waals surface area contributed by atoms with Crippen LogP contribution in [0.5, 0.6) is 11.6 Å². The topological polar surface area (TPSA) is 120 Å². The minimum atomic E-state index is -0.886. The van der Waals surface area contributed by atoms with Crippen molar-refractivity contribution >= 4 is 28.9 Å². The molecule has 5 unspecified atom stereocenters. The number of para-hydroxylation sites is 1. The summed E-state index contributed by atoms with van der Waals surface area (Å²) in [5.74, 6) is 0.539. The molecular formula is C40H50N4O7. The van der Waals surface area contributed by atoms with E-state index >= 15 is 0 Å². The number of ether oxygens (including phenoxy) is 4. The number of esters is 1. The van der Waals surface area contributed by atoms with Gasteiger partial charge in [-0.1, -0.05) is 49.2 Å². The van der Waals surface area contributed by atoms with Gasteiger partial charge in [0.2, 0.25) is 11.8 Å². The van der Waals surface area contributed by atoms with E-state index in [0.717, 1.165) is 78.4 Å². The minimum Gasteiger partial charge on any atom is -0.492 e. The van der Waals surface area contributed by atoms with Gasteiger partial charge in [0.1, 0.15) is 30.0 Å². The summed E-state index contributed by atoms with van der Waals surface area (Å²) in [6, 6.07) is 14.3. The Kier molecular flexibility index (Phi) is 10.6. The lowest BCUT2D eigenvalue weighted by molar-refractivity contribution is -0.152. The number of carbonyl (C=O) groups excluding carboxylic acids is 3. The maximum Gasteiger partial charge on any atom is 0.408 e. The Morgan fingerprint density at radius 3 is 2.51 bits per heavy atom. The SMILES string of the molecule is COC(=O)C1CC2CN1C(=O)C(C1Cc3ccccc3C1)NC(=O)OC1CC1CCCCCc1c(nc3ccccc3c1OCCCN(C)C)O2. The number of hydrogen-bond donors (Lipinski definition) is 1. The highest BCUT2D eigenvalue weighted by Gasteiger charge is 2.47. The van der Waals surface area contributed by atoms with Gasteiger partial charge in [-0.15, -0.1) is 0 Å². The number of aromatic nitrogens is 1. The van der Waals surface area contributed by atoms with Gasteiger partial charge in [-0.3, -0.25) is 4.79 Å². The van der Waals surface area contributed by atoms with Gasteiger partial charge in [0.15, 0.2) is 0 Å². The summed E-state index contributed by atoms with van der Waals surface area (Å²) < 4.78 is 24.4. The number of nitrogens with one attached hydrogen (secondary N) is 1. The summed E-state index contributed by atoms with van der Waals surface area (Å²) in [6.45, 7) is 1.60. The van der Waals surface area contributed by atoms with Crippen LogP contribution in [0.4, 0.5) is 4.79 Å². The van der Waals surface area contributed by atoms with Crippen LogP contribution in [-0.4, -0.2) is 97.9 Å². The van der Waals surface area contributed by atoms with E-state index in [2.05, 4.69) is 36.4 Å². The molecule has 0 radical (unpaired) electrons. The molecule has 272 valence electrons. The second-order valence-electron chi connectivity index (χ2n) is 14.9. The van der Waals surface area contributed by atoms with E-state index < -0.39 is 30.3 Å². The van der Waals surface area contributed by atoms with E-state index in [-0.39, 0.29) is 30.9 Å². The fourth-order valence-electron chi connectivity index (χ4n) is 8.12. The number of nitrogens with zero attached hydrogens (tertiary/aromatic N) is 3. The molecule has 4 aliphatic rings. The number of hydrogen-bond acceptors (Lipinski definition) is 9. The number of alkyl carbamates (subject to hydrolysis) is 1. The number of fused-ring (bicyclic) bond motifs is 6. The Morgan fingerprint density at radius 2 is 1.75 bits per heavy atom. The number of carbonyl (C=O) groups is 3. The molecule has 2 aliphatic heterocycles. The van der Waals surface area contributed by atoms with Crippen molar-refractivity contribution in [2.45, 2.75) is 88.5 Å². The average molecular weight is 699 g/mol. The third kappa shape index (κ3) is 7.93. The molecule has 11 nitrogen and oxygen atoms in total. The Labute approximate surface area is 299 Å². The minimum absolute atomic E-state index is 0.142. The van der Waals surface area contributed by atoms with Crippen LogP contribution in [0, 0.1) is 11.8 Å². The first-order valence-electron chi connectivity index (χ1n) is 18.6. The van der Waals surface area contributed by atoms with E-state index in [9.17, 15) is 14.4 Å². The van der Waals surface area contributed by atoms with Gasteiger partial charge in [-0.05, 0) is 94.1 Å². The smallest absolute Gasteiger partial charge is 0.408 e. The van der Waals surface area contributed by atoms with Crippen molar-refractivity contribution in [1.29, 1.82) is 0 Å². The quantitative estimate of drug-likeness (QED) is 0.266. The second-order valence-corrected chi connectivity index (χ2v) is 14.9. The van der Waals surface area contributed by atoms with Crippen molar-refractivity contribution < 1.29 is 33.3 Å². The average Bonchev–Trinajstić information content (AvgIpc) is 3.49. The predicted molar refractivity (Wildman–Crippen MR) is 192 cm³/mol. The number of amides is 2. The van der Waals surface area contributed by atoms with Crippen LogP contribution in [-0.2, 0) is 38.3 Å². The molecule has 3 aromatic rings. The molecule has 11 heteroatoms. The Morgan fingerprint density at radius 1 is 0.980 bits per heavy atom. The van der Waals surface area contributed by atoms with Crippen molar-refractivity contribution in [3.63, 3.8) is 0 Å². The van der Waals surface area contributed by atoms with Crippen LogP contribution >= 0.6 is 0 Å². The maximum absolute atomic E-state index is 14.6. The normalized spacial score (nSPS) is 25.5. The fourth-order valence-corrected chi connectivity index (χ4v) is 8.12. The lowest BCUT2D eigenvalue weighted by atomic mass is 9.95. The van der Waals surface area contributed by atoms with E-state index in [0.29, 0.717) is 37.7 Å². The van der Waals surface area contributed by atoms with Crippen LogP contribution < -0.4 is 14.8 Å². The third-order valence-electron chi connectivity index (χ3n) is 10.9. The summed E-state index contributed by atoms with van der Waals surface area (Å²) >= 11 is 0. The molecule has 1 N–H and O–H groups in total. The summed E-state index contributed by atoms with van der Waals surface area (Å²) in [5.41, 5.74) is 4.00. The molecule has 7 rings (SSSR count). The maximum atomic E-state index is 14.6. The molecule has 51 heavy (non-hydrogen) atoms.